The van der Waals surface area contributed by atoms with Gasteiger partial charge in [0.05, 0.1) is 0 Å². The van der Waals surface area contributed by atoms with Gasteiger partial charge in [-0.15, -0.1) is 0 Å². The second-order valence-electron chi connectivity index (χ2n) is 7.78. The van der Waals surface area contributed by atoms with Crippen LogP contribution in [-0.2, 0) is 9.59 Å². The molecule has 0 aromatic carbocycles. The normalized spacial score (nSPS) is 21.4. The van der Waals surface area contributed by atoms with Gasteiger partial charge in [0.2, 0.25) is 5.91 Å². The zero-order valence-corrected chi connectivity index (χ0v) is 13.3. The van der Waals surface area contributed by atoms with Crippen LogP contribution >= 0.6 is 0 Å². The Balaban J connectivity index is 2.36. The molecule has 1 aliphatic rings. The van der Waals surface area contributed by atoms with Crippen LogP contribution in [0.3, 0.4) is 0 Å². The monoisotopic (exact) mass is 283 g/mol. The van der Waals surface area contributed by atoms with Crippen molar-refractivity contribution in [2.75, 3.05) is 0 Å². The van der Waals surface area contributed by atoms with Crippen LogP contribution in [0.25, 0.3) is 0 Å². The molecule has 1 fully saturated rings. The molecule has 0 spiro atoms. The molecular weight excluding hydrogens is 254 g/mol. The van der Waals surface area contributed by atoms with Crippen molar-refractivity contribution in [2.45, 2.75) is 78.7 Å². The lowest BCUT2D eigenvalue weighted by atomic mass is 9.63. The van der Waals surface area contributed by atoms with E-state index in [1.807, 2.05) is 0 Å². The minimum absolute atomic E-state index is 0.0638. The van der Waals surface area contributed by atoms with Crippen molar-refractivity contribution >= 4 is 11.9 Å². The number of hydrogen-bond donors (Lipinski definition) is 2. The minimum Gasteiger partial charge on any atom is -0.481 e. The molecule has 0 aromatic heterocycles. The number of aliphatic carboxylic acids is 1. The number of carbonyl (C=O) groups is 2. The molecule has 20 heavy (non-hydrogen) atoms. The Labute approximate surface area is 122 Å². The highest BCUT2D eigenvalue weighted by Crippen LogP contribution is 2.45. The van der Waals surface area contributed by atoms with E-state index in [0.717, 1.165) is 12.8 Å². The molecule has 0 radical (unpaired) electrons. The zero-order valence-electron chi connectivity index (χ0n) is 13.3. The second kappa shape index (κ2) is 6.59. The van der Waals surface area contributed by atoms with Crippen LogP contribution in [0.1, 0.15) is 72.6 Å². The number of nitrogens with one attached hydrogen (secondary N) is 1. The van der Waals surface area contributed by atoms with Crippen LogP contribution in [0.2, 0.25) is 0 Å². The first-order chi connectivity index (χ1) is 9.10. The first kappa shape index (κ1) is 17.0. The van der Waals surface area contributed by atoms with Gasteiger partial charge in [-0.2, -0.15) is 0 Å². The Kier molecular flexibility index (Phi) is 5.60. The van der Waals surface area contributed by atoms with E-state index in [0.29, 0.717) is 19.3 Å². The fraction of sp³-hybridized carbons (Fsp3) is 0.875. The Hall–Kier alpha value is -1.06. The lowest BCUT2D eigenvalue weighted by Gasteiger charge is -2.45. The molecule has 4 nitrogen and oxygen atoms in total. The number of carbonyl (C=O) groups excluding carboxylic acids is 1. The molecule has 0 unspecified atom stereocenters. The summed E-state index contributed by atoms with van der Waals surface area (Å²) in [6.45, 7) is 9.06. The van der Waals surface area contributed by atoms with Crippen LogP contribution in [-0.4, -0.2) is 23.0 Å². The molecule has 0 saturated heterocycles. The summed E-state index contributed by atoms with van der Waals surface area (Å²) >= 11 is 0. The van der Waals surface area contributed by atoms with E-state index in [1.54, 1.807) is 0 Å². The molecule has 4 heteroatoms. The maximum Gasteiger partial charge on any atom is 0.303 e. The van der Waals surface area contributed by atoms with Gasteiger partial charge in [-0.25, -0.2) is 0 Å². The van der Waals surface area contributed by atoms with Gasteiger partial charge in [0.15, 0.2) is 0 Å². The molecule has 1 amide bonds. The lowest BCUT2D eigenvalue weighted by molar-refractivity contribution is -0.137. The maximum absolute atomic E-state index is 11.9. The number of hydrogen-bond acceptors (Lipinski definition) is 2. The highest BCUT2D eigenvalue weighted by molar-refractivity contribution is 5.76. The maximum atomic E-state index is 11.9. The third kappa shape index (κ3) is 6.40. The molecule has 116 valence electrons. The summed E-state index contributed by atoms with van der Waals surface area (Å²) in [5.74, 6) is -0.727. The SMILES string of the molecule is CC1(C)CC(NC(=O)CCCCC(=O)O)CC(C)(C)C1. The summed E-state index contributed by atoms with van der Waals surface area (Å²) in [7, 11) is 0. The number of amides is 1. The summed E-state index contributed by atoms with van der Waals surface area (Å²) in [4.78, 5) is 22.3. The third-order valence-electron chi connectivity index (χ3n) is 3.96. The molecule has 1 aliphatic carbocycles. The van der Waals surface area contributed by atoms with E-state index in [9.17, 15) is 9.59 Å². The van der Waals surface area contributed by atoms with E-state index >= 15 is 0 Å². The molecule has 0 heterocycles. The van der Waals surface area contributed by atoms with Gasteiger partial charge in [0, 0.05) is 18.9 Å². The molecular formula is C16H29NO3. The van der Waals surface area contributed by atoms with Gasteiger partial charge < -0.3 is 10.4 Å². The van der Waals surface area contributed by atoms with Crippen LogP contribution in [0, 0.1) is 10.8 Å². The Bertz CT molecular complexity index is 345. The smallest absolute Gasteiger partial charge is 0.303 e. The highest BCUT2D eigenvalue weighted by Gasteiger charge is 2.38. The second-order valence-corrected chi connectivity index (χ2v) is 7.78. The van der Waals surface area contributed by atoms with E-state index in [2.05, 4.69) is 33.0 Å². The first-order valence-corrected chi connectivity index (χ1v) is 7.61. The van der Waals surface area contributed by atoms with Gasteiger partial charge in [-0.3, -0.25) is 9.59 Å². The van der Waals surface area contributed by atoms with E-state index in [1.165, 1.54) is 6.42 Å². The third-order valence-corrected chi connectivity index (χ3v) is 3.96. The predicted octanol–water partition coefficient (Wildman–Crippen LogP) is 3.35. The number of carboxylic acids is 1. The number of carboxylic acid groups (broad SMARTS) is 1. The van der Waals surface area contributed by atoms with E-state index in [4.69, 9.17) is 5.11 Å². The topological polar surface area (TPSA) is 66.4 Å². The standard InChI is InChI=1S/C16H29NO3/c1-15(2)9-12(10-16(3,4)11-15)17-13(18)7-5-6-8-14(19)20/h12H,5-11H2,1-4H3,(H,17,18)(H,19,20). The molecule has 0 bridgehead atoms. The summed E-state index contributed by atoms with van der Waals surface area (Å²) in [6.07, 6.45) is 5.04. The van der Waals surface area contributed by atoms with Crippen molar-refractivity contribution in [1.82, 2.24) is 5.32 Å². The quantitative estimate of drug-likeness (QED) is 0.735. The van der Waals surface area contributed by atoms with E-state index in [-0.39, 0.29) is 29.2 Å². The van der Waals surface area contributed by atoms with Crippen LogP contribution in [0.15, 0.2) is 0 Å². The average Bonchev–Trinajstić information content (AvgIpc) is 2.19. The molecule has 0 aliphatic heterocycles. The Morgan fingerprint density at radius 1 is 1.05 bits per heavy atom. The first-order valence-electron chi connectivity index (χ1n) is 7.61. The van der Waals surface area contributed by atoms with Crippen molar-refractivity contribution in [3.8, 4) is 0 Å². The lowest BCUT2D eigenvalue weighted by Crippen LogP contribution is -2.45. The van der Waals surface area contributed by atoms with Crippen molar-refractivity contribution in [2.24, 2.45) is 10.8 Å². The molecule has 1 saturated carbocycles. The van der Waals surface area contributed by atoms with Crippen molar-refractivity contribution in [3.63, 3.8) is 0 Å². The summed E-state index contributed by atoms with van der Waals surface area (Å²) in [5.41, 5.74) is 0.534. The van der Waals surface area contributed by atoms with Crippen LogP contribution in [0.5, 0.6) is 0 Å². The van der Waals surface area contributed by atoms with Crippen molar-refractivity contribution in [3.05, 3.63) is 0 Å². The fourth-order valence-electron chi connectivity index (χ4n) is 3.81. The summed E-state index contributed by atoms with van der Waals surface area (Å²) in [5, 5.41) is 11.7. The molecule has 0 atom stereocenters. The Morgan fingerprint density at radius 3 is 2.05 bits per heavy atom. The minimum atomic E-state index is -0.791. The molecule has 0 aromatic rings. The van der Waals surface area contributed by atoms with Crippen molar-refractivity contribution < 1.29 is 14.7 Å². The van der Waals surface area contributed by atoms with Crippen LogP contribution in [0.4, 0.5) is 0 Å². The number of unbranched alkanes of at least 4 members (excludes halogenated alkanes) is 1. The average molecular weight is 283 g/mol. The van der Waals surface area contributed by atoms with Gasteiger partial charge in [0.25, 0.3) is 0 Å². The van der Waals surface area contributed by atoms with Gasteiger partial charge in [-0.1, -0.05) is 27.7 Å². The Morgan fingerprint density at radius 2 is 1.55 bits per heavy atom. The van der Waals surface area contributed by atoms with Gasteiger partial charge in [-0.05, 0) is 42.9 Å². The summed E-state index contributed by atoms with van der Waals surface area (Å²) < 4.78 is 0. The van der Waals surface area contributed by atoms with Crippen molar-refractivity contribution in [1.29, 1.82) is 0 Å². The fourth-order valence-corrected chi connectivity index (χ4v) is 3.81. The molecule has 2 N–H and O–H groups in total. The molecule has 1 rings (SSSR count). The number of rotatable bonds is 6. The zero-order chi connectivity index (χ0) is 15.4. The highest BCUT2D eigenvalue weighted by atomic mass is 16.4. The summed E-state index contributed by atoms with van der Waals surface area (Å²) in [6, 6.07) is 0.251. The van der Waals surface area contributed by atoms with Crippen LogP contribution < -0.4 is 5.32 Å². The largest absolute Gasteiger partial charge is 0.481 e. The van der Waals surface area contributed by atoms with Gasteiger partial charge in [0.1, 0.15) is 0 Å². The van der Waals surface area contributed by atoms with Gasteiger partial charge >= 0.3 is 5.97 Å². The predicted molar refractivity (Wildman–Crippen MR) is 79.4 cm³/mol. The van der Waals surface area contributed by atoms with E-state index < -0.39 is 5.97 Å².